The third-order valence-electron chi connectivity index (χ3n) is 2.41. The second-order valence-electron chi connectivity index (χ2n) is 3.94. The molecule has 0 bridgehead atoms. The number of nitrogens with one attached hydrogen (secondary N) is 1. The van der Waals surface area contributed by atoms with Gasteiger partial charge in [-0.15, -0.1) is 13.2 Å². The number of para-hydroxylation sites is 2. The molecule has 0 atom stereocenters. The molecule has 1 aromatic carbocycles. The number of benzene rings is 1. The molecule has 1 aromatic heterocycles. The van der Waals surface area contributed by atoms with Crippen LogP contribution >= 0.6 is 0 Å². The van der Waals surface area contributed by atoms with E-state index in [1.165, 1.54) is 30.5 Å². The Morgan fingerprint density at radius 2 is 2.00 bits per heavy atom. The molecule has 0 amide bonds. The third-order valence-corrected chi connectivity index (χ3v) is 2.41. The fourth-order valence-electron chi connectivity index (χ4n) is 1.56. The molecule has 108 valence electrons. The molecule has 0 saturated carbocycles. The summed E-state index contributed by atoms with van der Waals surface area (Å²) in [5, 5.41) is 11.3. The molecule has 0 spiro atoms. The summed E-state index contributed by atoms with van der Waals surface area (Å²) in [7, 11) is 0. The van der Waals surface area contributed by atoms with Gasteiger partial charge in [-0.1, -0.05) is 12.1 Å². The van der Waals surface area contributed by atoms with E-state index < -0.39 is 12.1 Å². The highest BCUT2D eigenvalue weighted by molar-refractivity contribution is 5.72. The van der Waals surface area contributed by atoms with Gasteiger partial charge in [0.05, 0.1) is 16.9 Å². The quantitative estimate of drug-likeness (QED) is 0.908. The molecule has 5 nitrogen and oxygen atoms in total. The maximum atomic E-state index is 12.3. The molecule has 3 N–H and O–H groups in total. The van der Waals surface area contributed by atoms with Crippen LogP contribution in [0, 0.1) is 11.3 Å². The first-order valence-corrected chi connectivity index (χ1v) is 5.66. The number of hydrogen-bond donors (Lipinski definition) is 2. The summed E-state index contributed by atoms with van der Waals surface area (Å²) in [5.74, 6) is -0.275. The Bertz CT molecular complexity index is 695. The normalized spacial score (nSPS) is 10.8. The number of aromatic nitrogens is 1. The Labute approximate surface area is 117 Å². The van der Waals surface area contributed by atoms with Crippen LogP contribution in [0.4, 0.5) is 30.4 Å². The highest BCUT2D eigenvalue weighted by atomic mass is 19.4. The lowest BCUT2D eigenvalue weighted by Crippen LogP contribution is -2.18. The fourth-order valence-corrected chi connectivity index (χ4v) is 1.56. The van der Waals surface area contributed by atoms with Crippen LogP contribution in [-0.2, 0) is 0 Å². The minimum atomic E-state index is -4.80. The standard InChI is InChI=1S/C13H9F3N4O/c14-13(15,16)21-11-4-2-1-3-10(11)20-12-9(18)5-8(6-17)7-19-12/h1-5,7H,18H2,(H,19,20). The molecule has 0 unspecified atom stereocenters. The minimum Gasteiger partial charge on any atom is -0.404 e. The first-order chi connectivity index (χ1) is 9.89. The molecule has 0 radical (unpaired) electrons. The van der Waals surface area contributed by atoms with Crippen LogP contribution in [-0.4, -0.2) is 11.3 Å². The first kappa shape index (κ1) is 14.5. The summed E-state index contributed by atoms with van der Waals surface area (Å²) in [6.45, 7) is 0. The van der Waals surface area contributed by atoms with Crippen molar-refractivity contribution in [3.63, 3.8) is 0 Å². The number of rotatable bonds is 3. The highest BCUT2D eigenvalue weighted by Gasteiger charge is 2.32. The topological polar surface area (TPSA) is 84.0 Å². The number of nitrogen functional groups attached to an aromatic ring is 1. The SMILES string of the molecule is N#Cc1cnc(Nc2ccccc2OC(F)(F)F)c(N)c1. The molecular weight excluding hydrogens is 285 g/mol. The van der Waals surface area contributed by atoms with Crippen molar-refractivity contribution in [1.82, 2.24) is 4.98 Å². The van der Waals surface area contributed by atoms with E-state index in [0.717, 1.165) is 6.07 Å². The largest absolute Gasteiger partial charge is 0.573 e. The molecule has 2 aromatic rings. The smallest absolute Gasteiger partial charge is 0.404 e. The van der Waals surface area contributed by atoms with Gasteiger partial charge in [0.15, 0.2) is 11.6 Å². The molecule has 0 saturated heterocycles. The van der Waals surface area contributed by atoms with Crippen LogP contribution in [0.15, 0.2) is 36.5 Å². The molecular formula is C13H9F3N4O. The molecule has 0 aliphatic rings. The summed E-state index contributed by atoms with van der Waals surface area (Å²) >= 11 is 0. The average Bonchev–Trinajstić information content (AvgIpc) is 2.41. The summed E-state index contributed by atoms with van der Waals surface area (Å²) in [6.07, 6.45) is -3.55. The number of nitrogens with zero attached hydrogens (tertiary/aromatic N) is 2. The van der Waals surface area contributed by atoms with E-state index in [2.05, 4.69) is 15.0 Å². The van der Waals surface area contributed by atoms with Crippen molar-refractivity contribution < 1.29 is 17.9 Å². The van der Waals surface area contributed by atoms with Gasteiger partial charge in [-0.2, -0.15) is 5.26 Å². The number of anilines is 3. The number of nitriles is 1. The summed E-state index contributed by atoms with van der Waals surface area (Å²) < 4.78 is 40.8. The van der Waals surface area contributed by atoms with Gasteiger partial charge in [0, 0.05) is 6.20 Å². The van der Waals surface area contributed by atoms with Crippen LogP contribution in [0.5, 0.6) is 5.75 Å². The van der Waals surface area contributed by atoms with Crippen LogP contribution in [0.25, 0.3) is 0 Å². The van der Waals surface area contributed by atoms with Gasteiger partial charge in [-0.3, -0.25) is 0 Å². The van der Waals surface area contributed by atoms with E-state index in [4.69, 9.17) is 11.0 Å². The van der Waals surface area contributed by atoms with Gasteiger partial charge in [-0.25, -0.2) is 4.98 Å². The summed E-state index contributed by atoms with van der Waals surface area (Å²) in [6, 6.07) is 8.71. The van der Waals surface area contributed by atoms with Crippen molar-refractivity contribution in [2.24, 2.45) is 0 Å². The lowest BCUT2D eigenvalue weighted by molar-refractivity contribution is -0.274. The van der Waals surface area contributed by atoms with Crippen LogP contribution < -0.4 is 15.8 Å². The van der Waals surface area contributed by atoms with Crippen LogP contribution in [0.2, 0.25) is 0 Å². The van der Waals surface area contributed by atoms with E-state index in [9.17, 15) is 13.2 Å². The summed E-state index contributed by atoms with van der Waals surface area (Å²) in [5.41, 5.74) is 6.12. The lowest BCUT2D eigenvalue weighted by atomic mass is 10.2. The van der Waals surface area contributed by atoms with Crippen molar-refractivity contribution in [1.29, 1.82) is 5.26 Å². The van der Waals surface area contributed by atoms with Crippen LogP contribution in [0.3, 0.4) is 0 Å². The van der Waals surface area contributed by atoms with Crippen molar-refractivity contribution in [2.45, 2.75) is 6.36 Å². The second-order valence-corrected chi connectivity index (χ2v) is 3.94. The molecule has 0 aliphatic heterocycles. The molecule has 1 heterocycles. The number of ether oxygens (including phenoxy) is 1. The van der Waals surface area contributed by atoms with E-state index in [0.29, 0.717) is 0 Å². The second kappa shape index (κ2) is 5.58. The van der Waals surface area contributed by atoms with E-state index in [1.807, 2.05) is 6.07 Å². The zero-order valence-electron chi connectivity index (χ0n) is 10.5. The number of pyridine rings is 1. The maximum Gasteiger partial charge on any atom is 0.573 e. The fraction of sp³-hybridized carbons (Fsp3) is 0.0769. The van der Waals surface area contributed by atoms with E-state index in [-0.39, 0.29) is 22.8 Å². The third kappa shape index (κ3) is 3.76. The number of halogens is 3. The van der Waals surface area contributed by atoms with Gasteiger partial charge in [-0.05, 0) is 18.2 Å². The Hall–Kier alpha value is -2.95. The summed E-state index contributed by atoms with van der Waals surface area (Å²) in [4.78, 5) is 3.89. The zero-order valence-corrected chi connectivity index (χ0v) is 10.5. The maximum absolute atomic E-state index is 12.3. The van der Waals surface area contributed by atoms with Gasteiger partial charge in [0.2, 0.25) is 0 Å². The Balaban J connectivity index is 2.30. The van der Waals surface area contributed by atoms with Gasteiger partial charge in [0.1, 0.15) is 6.07 Å². The Kier molecular flexibility index (Phi) is 3.84. The van der Waals surface area contributed by atoms with E-state index >= 15 is 0 Å². The van der Waals surface area contributed by atoms with Crippen molar-refractivity contribution in [2.75, 3.05) is 11.1 Å². The number of hydrogen-bond acceptors (Lipinski definition) is 5. The highest BCUT2D eigenvalue weighted by Crippen LogP contribution is 2.32. The molecule has 0 fully saturated rings. The Morgan fingerprint density at radius 1 is 1.29 bits per heavy atom. The van der Waals surface area contributed by atoms with Crippen LogP contribution in [0.1, 0.15) is 5.56 Å². The van der Waals surface area contributed by atoms with Crippen molar-refractivity contribution in [3.05, 3.63) is 42.1 Å². The van der Waals surface area contributed by atoms with Gasteiger partial charge < -0.3 is 15.8 Å². The monoisotopic (exact) mass is 294 g/mol. The van der Waals surface area contributed by atoms with E-state index in [1.54, 1.807) is 0 Å². The van der Waals surface area contributed by atoms with Gasteiger partial charge in [0.25, 0.3) is 0 Å². The molecule has 2 rings (SSSR count). The van der Waals surface area contributed by atoms with Crippen molar-refractivity contribution >= 4 is 17.2 Å². The zero-order chi connectivity index (χ0) is 15.5. The number of alkyl halides is 3. The molecule has 21 heavy (non-hydrogen) atoms. The number of nitrogens with two attached hydrogens (primary N) is 1. The molecule has 0 aliphatic carbocycles. The Morgan fingerprint density at radius 3 is 2.62 bits per heavy atom. The molecule has 8 heteroatoms. The first-order valence-electron chi connectivity index (χ1n) is 5.66. The predicted octanol–water partition coefficient (Wildman–Crippen LogP) is 3.18. The predicted molar refractivity (Wildman–Crippen MR) is 69.8 cm³/mol. The van der Waals surface area contributed by atoms with Crippen molar-refractivity contribution in [3.8, 4) is 11.8 Å². The van der Waals surface area contributed by atoms with Gasteiger partial charge >= 0.3 is 6.36 Å². The lowest BCUT2D eigenvalue weighted by Gasteiger charge is -2.14. The average molecular weight is 294 g/mol. The minimum absolute atomic E-state index is 0.0544.